The zero-order chi connectivity index (χ0) is 18.9. The van der Waals surface area contributed by atoms with E-state index >= 15 is 0 Å². The summed E-state index contributed by atoms with van der Waals surface area (Å²) in [5.41, 5.74) is 5.74. The lowest BCUT2D eigenvalue weighted by molar-refractivity contribution is -0.274. The number of anilines is 2. The Morgan fingerprint density at radius 1 is 1.15 bits per heavy atom. The van der Waals surface area contributed by atoms with E-state index in [1.54, 1.807) is 0 Å². The molecular formula is C16H11F4N3O3. The van der Waals surface area contributed by atoms with Gasteiger partial charge in [0.1, 0.15) is 18.2 Å². The number of cyclic esters (lactones) is 1. The second kappa shape index (κ2) is 6.54. The number of ether oxygens (including phenoxy) is 2. The summed E-state index contributed by atoms with van der Waals surface area (Å²) in [6.07, 6.45) is -4.56. The third-order valence-corrected chi connectivity index (χ3v) is 3.39. The zero-order valence-corrected chi connectivity index (χ0v) is 13.0. The summed E-state index contributed by atoms with van der Waals surface area (Å²) in [6, 6.07) is 6.84. The Hall–Kier alpha value is -3.30. The molecule has 2 N–H and O–H groups in total. The Labute approximate surface area is 144 Å². The fraction of sp³-hybridized carbons (Fsp3) is 0.125. The molecule has 2 aromatic carbocycles. The first-order chi connectivity index (χ1) is 12.2. The van der Waals surface area contributed by atoms with E-state index in [0.29, 0.717) is 0 Å². The lowest BCUT2D eigenvalue weighted by atomic mass is 10.0. The lowest BCUT2D eigenvalue weighted by Gasteiger charge is -2.22. The highest BCUT2D eigenvalue weighted by atomic mass is 19.4. The molecule has 0 saturated heterocycles. The van der Waals surface area contributed by atoms with Crippen LogP contribution in [0, 0.1) is 5.82 Å². The third-order valence-electron chi connectivity index (χ3n) is 3.39. The number of nitrogens with two attached hydrogens (primary N) is 1. The van der Waals surface area contributed by atoms with Crippen LogP contribution in [-0.4, -0.2) is 25.3 Å². The molecule has 0 atom stereocenters. The molecular weight excluding hydrogens is 358 g/mol. The Morgan fingerprint density at radius 3 is 2.54 bits per heavy atom. The number of hydrogen-bond acceptors (Lipinski definition) is 5. The van der Waals surface area contributed by atoms with Crippen LogP contribution in [0.5, 0.6) is 5.75 Å². The number of hydrazone groups is 1. The van der Waals surface area contributed by atoms with Gasteiger partial charge in [-0.05, 0) is 30.3 Å². The van der Waals surface area contributed by atoms with Crippen LogP contribution >= 0.6 is 0 Å². The van der Waals surface area contributed by atoms with Gasteiger partial charge in [-0.15, -0.1) is 13.2 Å². The van der Waals surface area contributed by atoms with Gasteiger partial charge in [-0.2, -0.15) is 10.1 Å². The van der Waals surface area contributed by atoms with E-state index in [1.165, 1.54) is 24.4 Å². The van der Waals surface area contributed by atoms with Gasteiger partial charge in [-0.3, -0.25) is 0 Å². The van der Waals surface area contributed by atoms with Crippen LogP contribution in [0.25, 0.3) is 11.1 Å². The first kappa shape index (κ1) is 17.5. The highest BCUT2D eigenvalue weighted by Crippen LogP contribution is 2.39. The van der Waals surface area contributed by atoms with Crippen molar-refractivity contribution in [3.05, 3.63) is 42.2 Å². The van der Waals surface area contributed by atoms with Gasteiger partial charge in [0.05, 0.1) is 11.9 Å². The minimum absolute atomic E-state index is 0.00497. The number of amides is 1. The van der Waals surface area contributed by atoms with Gasteiger partial charge >= 0.3 is 12.5 Å². The number of nitrogens with zero attached hydrogens (tertiary/aromatic N) is 2. The van der Waals surface area contributed by atoms with Crippen LogP contribution in [-0.2, 0) is 4.74 Å². The molecule has 1 aliphatic heterocycles. The summed E-state index contributed by atoms with van der Waals surface area (Å²) in [7, 11) is 0. The van der Waals surface area contributed by atoms with Crippen LogP contribution in [0.4, 0.5) is 33.7 Å². The number of nitrogen functional groups attached to an aromatic ring is 1. The van der Waals surface area contributed by atoms with Crippen molar-refractivity contribution < 1.29 is 31.8 Å². The van der Waals surface area contributed by atoms with Gasteiger partial charge in [0, 0.05) is 22.9 Å². The normalized spacial score (nSPS) is 14.3. The predicted octanol–water partition coefficient (Wildman–Crippen LogP) is 3.92. The third kappa shape index (κ3) is 3.68. The van der Waals surface area contributed by atoms with Crippen molar-refractivity contribution >= 4 is 23.7 Å². The number of benzene rings is 2. The van der Waals surface area contributed by atoms with Crippen LogP contribution in [0.15, 0.2) is 41.5 Å². The molecule has 10 heteroatoms. The SMILES string of the molecule is Nc1cc(F)ccc1-c1ccc(N2N=CCOC2=O)cc1OC(F)(F)F. The maximum Gasteiger partial charge on any atom is 0.573 e. The summed E-state index contributed by atoms with van der Waals surface area (Å²) in [4.78, 5) is 11.7. The zero-order valence-electron chi connectivity index (χ0n) is 13.0. The molecule has 0 saturated carbocycles. The number of rotatable bonds is 3. The molecule has 0 bridgehead atoms. The van der Waals surface area contributed by atoms with Crippen molar-refractivity contribution in [2.45, 2.75) is 6.36 Å². The van der Waals surface area contributed by atoms with Crippen LogP contribution in [0.1, 0.15) is 0 Å². The first-order valence-corrected chi connectivity index (χ1v) is 7.19. The quantitative estimate of drug-likeness (QED) is 0.657. The van der Waals surface area contributed by atoms with Gasteiger partial charge in [0.2, 0.25) is 0 Å². The smallest absolute Gasteiger partial charge is 0.442 e. The van der Waals surface area contributed by atoms with Gasteiger partial charge in [0.25, 0.3) is 0 Å². The van der Waals surface area contributed by atoms with Gasteiger partial charge < -0.3 is 15.2 Å². The molecule has 2 aromatic rings. The minimum atomic E-state index is -4.99. The minimum Gasteiger partial charge on any atom is -0.442 e. The predicted molar refractivity (Wildman–Crippen MR) is 85.3 cm³/mol. The van der Waals surface area contributed by atoms with Gasteiger partial charge in [-0.1, -0.05) is 0 Å². The number of carbonyl (C=O) groups excluding carboxylic acids is 1. The van der Waals surface area contributed by atoms with Crippen molar-refractivity contribution in [1.29, 1.82) is 0 Å². The van der Waals surface area contributed by atoms with Crippen molar-refractivity contribution in [2.75, 3.05) is 17.3 Å². The first-order valence-electron chi connectivity index (χ1n) is 7.19. The second-order valence-corrected chi connectivity index (χ2v) is 5.15. The summed E-state index contributed by atoms with van der Waals surface area (Å²) >= 11 is 0. The topological polar surface area (TPSA) is 77.1 Å². The summed E-state index contributed by atoms with van der Waals surface area (Å²) < 4.78 is 60.4. The second-order valence-electron chi connectivity index (χ2n) is 5.15. The standard InChI is InChI=1S/C16H11F4N3O3/c17-9-1-3-11(13(21)7-9)12-4-2-10(8-14(12)26-16(18,19)20)23-15(24)25-6-5-22-23/h1-5,7-8H,6,21H2. The number of halogens is 4. The molecule has 3 rings (SSSR count). The largest absolute Gasteiger partial charge is 0.573 e. The highest BCUT2D eigenvalue weighted by Gasteiger charge is 2.33. The lowest BCUT2D eigenvalue weighted by Crippen LogP contribution is -2.31. The van der Waals surface area contributed by atoms with E-state index < -0.39 is 24.0 Å². The molecule has 0 fully saturated rings. The fourth-order valence-corrected chi connectivity index (χ4v) is 2.36. The summed E-state index contributed by atoms with van der Waals surface area (Å²) in [6.45, 7) is -0.0363. The van der Waals surface area contributed by atoms with Gasteiger partial charge in [0.15, 0.2) is 0 Å². The monoisotopic (exact) mass is 369 g/mol. The summed E-state index contributed by atoms with van der Waals surface area (Å²) in [5.74, 6) is -1.26. The van der Waals surface area contributed by atoms with Gasteiger partial charge in [-0.25, -0.2) is 9.18 Å². The molecule has 1 heterocycles. The summed E-state index contributed by atoms with van der Waals surface area (Å²) in [5, 5.41) is 4.55. The fourth-order valence-electron chi connectivity index (χ4n) is 2.36. The number of hydrogen-bond donors (Lipinski definition) is 1. The van der Waals surface area contributed by atoms with E-state index in [2.05, 4.69) is 9.84 Å². The molecule has 0 spiro atoms. The maximum atomic E-state index is 13.2. The van der Waals surface area contributed by atoms with E-state index in [1.807, 2.05) is 0 Å². The van der Waals surface area contributed by atoms with E-state index in [-0.39, 0.29) is 29.1 Å². The molecule has 136 valence electrons. The number of carbonyl (C=O) groups is 1. The Balaban J connectivity index is 2.10. The van der Waals surface area contributed by atoms with Crippen molar-refractivity contribution in [3.8, 4) is 16.9 Å². The molecule has 6 nitrogen and oxygen atoms in total. The van der Waals surface area contributed by atoms with Crippen molar-refractivity contribution in [3.63, 3.8) is 0 Å². The molecule has 0 unspecified atom stereocenters. The van der Waals surface area contributed by atoms with Crippen LogP contribution < -0.4 is 15.5 Å². The van der Waals surface area contributed by atoms with E-state index in [0.717, 1.165) is 23.2 Å². The Kier molecular flexibility index (Phi) is 4.41. The van der Waals surface area contributed by atoms with E-state index in [9.17, 15) is 22.4 Å². The number of alkyl halides is 3. The molecule has 0 radical (unpaired) electrons. The van der Waals surface area contributed by atoms with Crippen molar-refractivity contribution in [1.82, 2.24) is 0 Å². The van der Waals surface area contributed by atoms with Crippen LogP contribution in [0.2, 0.25) is 0 Å². The molecule has 0 aromatic heterocycles. The molecule has 0 aliphatic carbocycles. The van der Waals surface area contributed by atoms with Crippen molar-refractivity contribution in [2.24, 2.45) is 5.10 Å². The molecule has 26 heavy (non-hydrogen) atoms. The van der Waals surface area contributed by atoms with Crippen LogP contribution in [0.3, 0.4) is 0 Å². The Bertz CT molecular complexity index is 884. The highest BCUT2D eigenvalue weighted by molar-refractivity contribution is 5.92. The average molecular weight is 369 g/mol. The Morgan fingerprint density at radius 2 is 1.88 bits per heavy atom. The molecule has 1 amide bonds. The van der Waals surface area contributed by atoms with E-state index in [4.69, 9.17) is 10.5 Å². The molecule has 1 aliphatic rings. The maximum absolute atomic E-state index is 13.2. The average Bonchev–Trinajstić information content (AvgIpc) is 2.54.